The number of hydrogen-bond acceptors (Lipinski definition) is 5. The smallest absolute Gasteiger partial charge is 0.225 e. The second-order valence-corrected chi connectivity index (χ2v) is 10.5. The van der Waals surface area contributed by atoms with E-state index in [4.69, 9.17) is 4.99 Å². The summed E-state index contributed by atoms with van der Waals surface area (Å²) in [6, 6.07) is 18.6. The summed E-state index contributed by atoms with van der Waals surface area (Å²) in [5.74, 6) is 1.77. The van der Waals surface area contributed by atoms with Crippen LogP contribution in [-0.2, 0) is 4.79 Å². The average molecular weight is 455 g/mol. The molecule has 1 atom stereocenters. The minimum Gasteiger partial charge on any atom is -0.371 e. The fourth-order valence-corrected chi connectivity index (χ4v) is 5.08. The number of nitrogens with zero attached hydrogens (tertiary/aromatic N) is 4. The van der Waals surface area contributed by atoms with Crippen LogP contribution in [0.4, 0.5) is 0 Å². The molecule has 174 valence electrons. The van der Waals surface area contributed by atoms with Gasteiger partial charge in [0.15, 0.2) is 6.23 Å². The summed E-state index contributed by atoms with van der Waals surface area (Å²) in [4.78, 5) is 25.8. The van der Waals surface area contributed by atoms with E-state index in [0.29, 0.717) is 18.4 Å². The van der Waals surface area contributed by atoms with Crippen LogP contribution in [0, 0.1) is 11.8 Å². The molecular formula is C28H30N4O2. The number of fused-ring (bicyclic) bond motifs is 1. The molecular weight excluding hydrogens is 424 g/mol. The van der Waals surface area contributed by atoms with Gasteiger partial charge in [-0.1, -0.05) is 42.5 Å². The second kappa shape index (κ2) is 7.91. The lowest BCUT2D eigenvalue weighted by Crippen LogP contribution is -2.56. The Hall–Kier alpha value is -3.25. The molecule has 0 radical (unpaired) electrons. The predicted octanol–water partition coefficient (Wildman–Crippen LogP) is 3.93. The van der Waals surface area contributed by atoms with Crippen LogP contribution in [0.25, 0.3) is 22.0 Å². The van der Waals surface area contributed by atoms with Crippen molar-refractivity contribution in [3.05, 3.63) is 66.4 Å². The van der Waals surface area contributed by atoms with Crippen LogP contribution in [0.1, 0.15) is 32.3 Å². The van der Waals surface area contributed by atoms with Gasteiger partial charge in [-0.3, -0.25) is 14.8 Å². The van der Waals surface area contributed by atoms with E-state index in [-0.39, 0.29) is 5.92 Å². The van der Waals surface area contributed by atoms with Crippen LogP contribution in [0.5, 0.6) is 0 Å². The van der Waals surface area contributed by atoms with Gasteiger partial charge in [0.2, 0.25) is 5.91 Å². The molecule has 34 heavy (non-hydrogen) atoms. The van der Waals surface area contributed by atoms with Crippen molar-refractivity contribution in [1.82, 2.24) is 14.8 Å². The van der Waals surface area contributed by atoms with Crippen molar-refractivity contribution < 1.29 is 9.90 Å². The molecule has 6 rings (SSSR count). The number of aliphatic hydroxyl groups excluding tert-OH is 1. The van der Waals surface area contributed by atoms with E-state index in [1.807, 2.05) is 48.0 Å². The zero-order valence-corrected chi connectivity index (χ0v) is 19.7. The highest BCUT2D eigenvalue weighted by Crippen LogP contribution is 2.35. The van der Waals surface area contributed by atoms with Crippen molar-refractivity contribution in [2.75, 3.05) is 19.6 Å². The standard InChI is InChI=1S/C28H30N4O2/c1-28(2)27(34)32(17-18-15-31(16-18)26(33)21-11-12-21)25(30-28)20-9-7-19(8-10-20)23-13-22-5-3-4-6-24(22)29-14-23/h3-10,13-14,18,21,27,34H,11-12,15-17H2,1-2H3. The third-order valence-corrected chi connectivity index (χ3v) is 7.31. The number of para-hydroxylation sites is 1. The Morgan fingerprint density at radius 1 is 1.03 bits per heavy atom. The first kappa shape index (κ1) is 21.3. The summed E-state index contributed by atoms with van der Waals surface area (Å²) in [5.41, 5.74) is 3.57. The molecule has 1 aliphatic carbocycles. The molecule has 1 aromatic heterocycles. The molecule has 1 unspecified atom stereocenters. The molecule has 1 N–H and O–H groups in total. The quantitative estimate of drug-likeness (QED) is 0.634. The number of benzene rings is 2. The van der Waals surface area contributed by atoms with Gasteiger partial charge < -0.3 is 14.9 Å². The van der Waals surface area contributed by atoms with Gasteiger partial charge in [-0.15, -0.1) is 0 Å². The number of amides is 1. The summed E-state index contributed by atoms with van der Waals surface area (Å²) in [6.07, 6.45) is 3.32. The number of carbonyl (C=O) groups excluding carboxylic acids is 1. The number of aromatic nitrogens is 1. The lowest BCUT2D eigenvalue weighted by atomic mass is 9.97. The average Bonchev–Trinajstić information content (AvgIpc) is 3.64. The fraction of sp³-hybridized carbons (Fsp3) is 0.393. The Morgan fingerprint density at radius 2 is 1.74 bits per heavy atom. The molecule has 3 aromatic rings. The van der Waals surface area contributed by atoms with Crippen LogP contribution < -0.4 is 0 Å². The van der Waals surface area contributed by atoms with Gasteiger partial charge in [0, 0.05) is 54.2 Å². The molecule has 1 saturated heterocycles. The van der Waals surface area contributed by atoms with Gasteiger partial charge >= 0.3 is 0 Å². The topological polar surface area (TPSA) is 69.0 Å². The largest absolute Gasteiger partial charge is 0.371 e. The molecule has 3 heterocycles. The summed E-state index contributed by atoms with van der Waals surface area (Å²) < 4.78 is 0. The zero-order valence-electron chi connectivity index (χ0n) is 19.7. The number of rotatable bonds is 5. The first-order valence-electron chi connectivity index (χ1n) is 12.2. The monoisotopic (exact) mass is 454 g/mol. The highest BCUT2D eigenvalue weighted by Gasteiger charge is 2.45. The number of likely N-dealkylation sites (tertiary alicyclic amines) is 1. The Morgan fingerprint density at radius 3 is 2.47 bits per heavy atom. The highest BCUT2D eigenvalue weighted by atomic mass is 16.3. The molecule has 3 aliphatic rings. The molecule has 6 nitrogen and oxygen atoms in total. The predicted molar refractivity (Wildman–Crippen MR) is 133 cm³/mol. The fourth-order valence-electron chi connectivity index (χ4n) is 5.08. The molecule has 2 aromatic carbocycles. The highest BCUT2D eigenvalue weighted by molar-refractivity contribution is 6.01. The minimum atomic E-state index is -0.681. The zero-order chi connectivity index (χ0) is 23.4. The van der Waals surface area contributed by atoms with Crippen molar-refractivity contribution in [2.45, 2.75) is 38.5 Å². The Bertz CT molecular complexity index is 1270. The summed E-state index contributed by atoms with van der Waals surface area (Å²) in [6.45, 7) is 6.20. The van der Waals surface area contributed by atoms with Gasteiger partial charge in [-0.2, -0.15) is 0 Å². The first-order chi connectivity index (χ1) is 16.4. The van der Waals surface area contributed by atoms with E-state index in [1.54, 1.807) is 0 Å². The number of aliphatic imine (C=N–C) groups is 1. The van der Waals surface area contributed by atoms with E-state index in [9.17, 15) is 9.90 Å². The third kappa shape index (κ3) is 3.76. The van der Waals surface area contributed by atoms with Crippen LogP contribution >= 0.6 is 0 Å². The Balaban J connectivity index is 1.20. The number of hydrogen-bond donors (Lipinski definition) is 1. The normalized spacial score (nSPS) is 22.1. The van der Waals surface area contributed by atoms with Crippen molar-refractivity contribution >= 4 is 22.6 Å². The summed E-state index contributed by atoms with van der Waals surface area (Å²) in [7, 11) is 0. The van der Waals surface area contributed by atoms with Crippen LogP contribution in [0.3, 0.4) is 0 Å². The van der Waals surface area contributed by atoms with Gasteiger partial charge in [-0.05, 0) is 44.4 Å². The lowest BCUT2D eigenvalue weighted by Gasteiger charge is -2.43. The molecule has 6 heteroatoms. The number of aliphatic hydroxyl groups is 1. The maximum absolute atomic E-state index is 12.3. The third-order valence-electron chi connectivity index (χ3n) is 7.31. The van der Waals surface area contributed by atoms with Crippen LogP contribution in [0.2, 0.25) is 0 Å². The van der Waals surface area contributed by atoms with Gasteiger partial charge in [0.05, 0.1) is 5.52 Å². The van der Waals surface area contributed by atoms with E-state index < -0.39 is 11.8 Å². The van der Waals surface area contributed by atoms with E-state index in [0.717, 1.165) is 59.4 Å². The maximum atomic E-state index is 12.3. The molecule has 1 amide bonds. The summed E-state index contributed by atoms with van der Waals surface area (Å²) in [5, 5.41) is 12.2. The second-order valence-electron chi connectivity index (χ2n) is 10.5. The van der Waals surface area contributed by atoms with E-state index in [2.05, 4.69) is 41.4 Å². The molecule has 2 aliphatic heterocycles. The molecule has 0 spiro atoms. The van der Waals surface area contributed by atoms with E-state index >= 15 is 0 Å². The van der Waals surface area contributed by atoms with Gasteiger partial charge in [0.1, 0.15) is 11.4 Å². The Kier molecular flexibility index (Phi) is 4.96. The van der Waals surface area contributed by atoms with E-state index in [1.165, 1.54) is 0 Å². The minimum absolute atomic E-state index is 0.269. The number of pyridine rings is 1. The van der Waals surface area contributed by atoms with Crippen molar-refractivity contribution in [2.24, 2.45) is 16.8 Å². The van der Waals surface area contributed by atoms with Crippen molar-refractivity contribution in [3.63, 3.8) is 0 Å². The van der Waals surface area contributed by atoms with Gasteiger partial charge in [-0.25, -0.2) is 0 Å². The number of amidine groups is 1. The Labute approximate surface area is 199 Å². The van der Waals surface area contributed by atoms with Crippen molar-refractivity contribution in [3.8, 4) is 11.1 Å². The summed E-state index contributed by atoms with van der Waals surface area (Å²) >= 11 is 0. The number of carbonyl (C=O) groups is 1. The first-order valence-corrected chi connectivity index (χ1v) is 12.2. The van der Waals surface area contributed by atoms with Crippen molar-refractivity contribution in [1.29, 1.82) is 0 Å². The molecule has 1 saturated carbocycles. The van der Waals surface area contributed by atoms with Gasteiger partial charge in [0.25, 0.3) is 0 Å². The SMILES string of the molecule is CC1(C)N=C(c2ccc(-c3cnc4ccccc4c3)cc2)N(CC2CN(C(=O)C3CC3)C2)C1O. The molecule has 0 bridgehead atoms. The maximum Gasteiger partial charge on any atom is 0.225 e. The van der Waals surface area contributed by atoms with Crippen LogP contribution in [0.15, 0.2) is 65.8 Å². The van der Waals surface area contributed by atoms with Crippen LogP contribution in [-0.4, -0.2) is 63.0 Å². The lowest BCUT2D eigenvalue weighted by molar-refractivity contribution is -0.139. The molecule has 2 fully saturated rings.